The van der Waals surface area contributed by atoms with Crippen LogP contribution in [-0.2, 0) is 7.05 Å². The molecule has 3 aromatic rings. The van der Waals surface area contributed by atoms with Gasteiger partial charge < -0.3 is 9.09 Å². The summed E-state index contributed by atoms with van der Waals surface area (Å²) in [6.45, 7) is 2.02. The van der Waals surface area contributed by atoms with E-state index in [1.165, 1.54) is 0 Å². The van der Waals surface area contributed by atoms with Gasteiger partial charge >= 0.3 is 0 Å². The van der Waals surface area contributed by atoms with Gasteiger partial charge in [-0.3, -0.25) is 0 Å². The van der Waals surface area contributed by atoms with Crippen LogP contribution in [0.3, 0.4) is 0 Å². The van der Waals surface area contributed by atoms with Gasteiger partial charge in [-0.05, 0) is 25.1 Å². The van der Waals surface area contributed by atoms with Crippen LogP contribution in [0.2, 0.25) is 0 Å². The van der Waals surface area contributed by atoms with E-state index in [0.717, 1.165) is 16.8 Å². The standard InChI is InChI=1S/C17H14N4O/c1-12-5-7-13(8-6-12)16-19-17(22-20-16)14(11-18)10-15-4-3-9-21(15)2/h3-10H,1-2H3/b14-10-. The first kappa shape index (κ1) is 13.8. The molecule has 0 aliphatic heterocycles. The number of nitriles is 1. The zero-order chi connectivity index (χ0) is 15.5. The minimum atomic E-state index is 0.222. The van der Waals surface area contributed by atoms with Crippen LogP contribution in [0.1, 0.15) is 17.1 Å². The van der Waals surface area contributed by atoms with Crippen LogP contribution in [0, 0.1) is 18.3 Å². The Bertz CT molecular complexity index is 863. The molecule has 1 aromatic carbocycles. The minimum Gasteiger partial charge on any atom is -0.351 e. The maximum atomic E-state index is 9.33. The molecule has 2 heterocycles. The van der Waals surface area contributed by atoms with Crippen molar-refractivity contribution >= 4 is 11.6 Å². The Hall–Kier alpha value is -3.13. The number of hydrogen-bond donors (Lipinski definition) is 0. The van der Waals surface area contributed by atoms with E-state index in [0.29, 0.717) is 11.4 Å². The molecule has 0 saturated heterocycles. The molecule has 108 valence electrons. The fourth-order valence-electron chi connectivity index (χ4n) is 2.07. The van der Waals surface area contributed by atoms with Crippen molar-refractivity contribution < 1.29 is 4.52 Å². The number of aryl methyl sites for hydroxylation is 2. The minimum absolute atomic E-state index is 0.222. The van der Waals surface area contributed by atoms with Crippen molar-refractivity contribution in [3.63, 3.8) is 0 Å². The van der Waals surface area contributed by atoms with E-state index < -0.39 is 0 Å². The second-order valence-electron chi connectivity index (χ2n) is 5.00. The molecular weight excluding hydrogens is 276 g/mol. The SMILES string of the molecule is Cc1ccc(-c2noc(/C(C#N)=C\c3cccn3C)n2)cc1. The molecule has 5 nitrogen and oxygen atoms in total. The monoisotopic (exact) mass is 290 g/mol. The third-order valence-electron chi connectivity index (χ3n) is 3.36. The summed E-state index contributed by atoms with van der Waals surface area (Å²) < 4.78 is 7.14. The van der Waals surface area contributed by atoms with Gasteiger partial charge in [0.25, 0.3) is 5.89 Å². The first-order valence-corrected chi connectivity index (χ1v) is 6.81. The molecule has 3 rings (SSSR count). The number of rotatable bonds is 3. The molecule has 0 atom stereocenters. The first-order chi connectivity index (χ1) is 10.7. The van der Waals surface area contributed by atoms with Crippen molar-refractivity contribution in [2.24, 2.45) is 7.05 Å². The summed E-state index contributed by atoms with van der Waals surface area (Å²) in [4.78, 5) is 4.31. The molecule has 0 aliphatic carbocycles. The molecule has 0 N–H and O–H groups in total. The molecule has 0 aliphatic rings. The van der Waals surface area contributed by atoms with E-state index in [9.17, 15) is 5.26 Å². The molecule has 5 heteroatoms. The lowest BCUT2D eigenvalue weighted by atomic mass is 10.1. The normalized spacial score (nSPS) is 11.4. The summed E-state index contributed by atoms with van der Waals surface area (Å²) in [5.41, 5.74) is 3.25. The number of nitrogens with zero attached hydrogens (tertiary/aromatic N) is 4. The highest BCUT2D eigenvalue weighted by Crippen LogP contribution is 2.21. The van der Waals surface area contributed by atoms with Crippen LogP contribution < -0.4 is 0 Å². The Labute approximate surface area is 128 Å². The van der Waals surface area contributed by atoms with Crippen LogP contribution >= 0.6 is 0 Å². The second kappa shape index (κ2) is 5.70. The van der Waals surface area contributed by atoms with Gasteiger partial charge in [-0.15, -0.1) is 0 Å². The fraction of sp³-hybridized carbons (Fsp3) is 0.118. The van der Waals surface area contributed by atoms with Gasteiger partial charge in [0.05, 0.1) is 0 Å². The van der Waals surface area contributed by atoms with E-state index in [2.05, 4.69) is 16.2 Å². The molecular formula is C17H14N4O. The maximum absolute atomic E-state index is 9.33. The Balaban J connectivity index is 1.95. The molecule has 2 aromatic heterocycles. The second-order valence-corrected chi connectivity index (χ2v) is 5.00. The summed E-state index contributed by atoms with van der Waals surface area (Å²) in [6, 6.07) is 13.7. The third kappa shape index (κ3) is 2.67. The molecule has 0 amide bonds. The summed E-state index contributed by atoms with van der Waals surface area (Å²) >= 11 is 0. The van der Waals surface area contributed by atoms with Crippen molar-refractivity contribution in [1.82, 2.24) is 14.7 Å². The van der Waals surface area contributed by atoms with Gasteiger partial charge in [-0.25, -0.2) is 0 Å². The number of benzene rings is 1. The smallest absolute Gasteiger partial charge is 0.268 e. The summed E-state index contributed by atoms with van der Waals surface area (Å²) in [5, 5.41) is 13.3. The van der Waals surface area contributed by atoms with Gasteiger partial charge in [-0.1, -0.05) is 35.0 Å². The van der Waals surface area contributed by atoms with Gasteiger partial charge in [0.15, 0.2) is 0 Å². The van der Waals surface area contributed by atoms with E-state index in [-0.39, 0.29) is 5.89 Å². The lowest BCUT2D eigenvalue weighted by Crippen LogP contribution is -1.89. The van der Waals surface area contributed by atoms with Crippen LogP contribution in [0.5, 0.6) is 0 Å². The third-order valence-corrected chi connectivity index (χ3v) is 3.36. The van der Waals surface area contributed by atoms with Crippen molar-refractivity contribution in [2.45, 2.75) is 6.92 Å². The molecule has 0 saturated carbocycles. The van der Waals surface area contributed by atoms with Gasteiger partial charge in [-0.2, -0.15) is 10.2 Å². The largest absolute Gasteiger partial charge is 0.351 e. The summed E-state index contributed by atoms with van der Waals surface area (Å²) in [7, 11) is 1.91. The van der Waals surface area contributed by atoms with Crippen molar-refractivity contribution in [3.8, 4) is 17.5 Å². The number of hydrogen-bond acceptors (Lipinski definition) is 4. The topological polar surface area (TPSA) is 67.6 Å². The molecule has 0 spiro atoms. The average molecular weight is 290 g/mol. The van der Waals surface area contributed by atoms with Gasteiger partial charge in [0, 0.05) is 24.5 Å². The molecule has 0 radical (unpaired) electrons. The zero-order valence-corrected chi connectivity index (χ0v) is 12.3. The first-order valence-electron chi connectivity index (χ1n) is 6.81. The molecule has 22 heavy (non-hydrogen) atoms. The Kier molecular flexibility index (Phi) is 3.58. The molecule has 0 fully saturated rings. The summed E-state index contributed by atoms with van der Waals surface area (Å²) in [5.74, 6) is 0.697. The highest BCUT2D eigenvalue weighted by molar-refractivity contribution is 5.86. The highest BCUT2D eigenvalue weighted by Gasteiger charge is 2.13. The predicted octanol–water partition coefficient (Wildman–Crippen LogP) is 3.45. The zero-order valence-electron chi connectivity index (χ0n) is 12.3. The van der Waals surface area contributed by atoms with E-state index >= 15 is 0 Å². The average Bonchev–Trinajstić information content (AvgIpc) is 3.15. The molecule has 0 unspecified atom stereocenters. The maximum Gasteiger partial charge on any atom is 0.268 e. The van der Waals surface area contributed by atoms with Crippen molar-refractivity contribution in [2.75, 3.05) is 0 Å². The lowest BCUT2D eigenvalue weighted by molar-refractivity contribution is 0.409. The van der Waals surface area contributed by atoms with Crippen molar-refractivity contribution in [1.29, 1.82) is 5.26 Å². The van der Waals surface area contributed by atoms with E-state index in [4.69, 9.17) is 4.52 Å². The lowest BCUT2D eigenvalue weighted by Gasteiger charge is -1.96. The van der Waals surface area contributed by atoms with Gasteiger partial charge in [0.1, 0.15) is 11.6 Å². The fourth-order valence-corrected chi connectivity index (χ4v) is 2.07. The summed E-state index contributed by atoms with van der Waals surface area (Å²) in [6.07, 6.45) is 3.64. The predicted molar refractivity (Wildman–Crippen MR) is 83.4 cm³/mol. The van der Waals surface area contributed by atoms with E-state index in [1.807, 2.05) is 61.1 Å². The van der Waals surface area contributed by atoms with Crippen LogP contribution in [0.4, 0.5) is 0 Å². The number of allylic oxidation sites excluding steroid dienone is 1. The van der Waals surface area contributed by atoms with Crippen LogP contribution in [-0.4, -0.2) is 14.7 Å². The Morgan fingerprint density at radius 3 is 2.68 bits per heavy atom. The Morgan fingerprint density at radius 2 is 2.05 bits per heavy atom. The van der Waals surface area contributed by atoms with E-state index in [1.54, 1.807) is 6.08 Å². The number of aromatic nitrogens is 3. The molecule has 0 bridgehead atoms. The van der Waals surface area contributed by atoms with Crippen molar-refractivity contribution in [3.05, 3.63) is 59.7 Å². The van der Waals surface area contributed by atoms with Crippen LogP contribution in [0.15, 0.2) is 47.1 Å². The quantitative estimate of drug-likeness (QED) is 0.693. The highest BCUT2D eigenvalue weighted by atomic mass is 16.5. The Morgan fingerprint density at radius 1 is 1.27 bits per heavy atom. The van der Waals surface area contributed by atoms with Gasteiger partial charge in [0.2, 0.25) is 5.82 Å². The van der Waals surface area contributed by atoms with Crippen LogP contribution in [0.25, 0.3) is 23.0 Å².